The third kappa shape index (κ3) is 6.18. The molecule has 1 aromatic rings. The van der Waals surface area contributed by atoms with Gasteiger partial charge in [-0.1, -0.05) is 6.07 Å². The first-order valence-electron chi connectivity index (χ1n) is 6.90. The molecule has 0 aliphatic carbocycles. The predicted octanol–water partition coefficient (Wildman–Crippen LogP) is 1.84. The third-order valence-electron chi connectivity index (χ3n) is 2.78. The number of carbonyl (C=O) groups is 2. The summed E-state index contributed by atoms with van der Waals surface area (Å²) < 4.78 is 0. The Hall–Kier alpha value is -1.53. The van der Waals surface area contributed by atoms with Crippen LogP contribution in [-0.4, -0.2) is 35.9 Å². The summed E-state index contributed by atoms with van der Waals surface area (Å²) in [5.41, 5.74) is 6.90. The molecule has 6 heteroatoms. The summed E-state index contributed by atoms with van der Waals surface area (Å²) in [4.78, 5) is 23.8. The Balaban J connectivity index is 2.68. The molecule has 1 aromatic carbocycles. The first-order chi connectivity index (χ1) is 9.93. The van der Waals surface area contributed by atoms with E-state index < -0.39 is 6.04 Å². The van der Waals surface area contributed by atoms with E-state index in [1.165, 1.54) is 0 Å². The van der Waals surface area contributed by atoms with Gasteiger partial charge in [-0.25, -0.2) is 0 Å². The first kappa shape index (κ1) is 17.5. The third-order valence-corrected chi connectivity index (χ3v) is 3.43. The van der Waals surface area contributed by atoms with E-state index in [-0.39, 0.29) is 17.9 Å². The Kier molecular flexibility index (Phi) is 7.25. The number of hydrogen-bond donors (Lipinski definition) is 3. The molecule has 0 saturated heterocycles. The highest BCUT2D eigenvalue weighted by Crippen LogP contribution is 2.12. The average Bonchev–Trinajstić information content (AvgIpc) is 2.44. The minimum Gasteiger partial charge on any atom is -0.350 e. The first-order valence-corrected chi connectivity index (χ1v) is 8.29. The van der Waals surface area contributed by atoms with Crippen molar-refractivity contribution in [3.8, 4) is 0 Å². The standard InChI is InChI=1S/C15H23N3O2S/c1-10(2)17-14(19)11-5-4-6-12(9-11)18-15(20)13(16)7-8-21-3/h4-6,9-10,13H,7-8,16H2,1-3H3,(H,17,19)(H,18,20)/t13-/m1/s1. The van der Waals surface area contributed by atoms with Gasteiger partial charge < -0.3 is 16.4 Å². The van der Waals surface area contributed by atoms with Crippen LogP contribution in [0.15, 0.2) is 24.3 Å². The lowest BCUT2D eigenvalue weighted by molar-refractivity contribution is -0.117. The SMILES string of the molecule is CSCC[C@@H](N)C(=O)Nc1cccc(C(=O)NC(C)C)c1. The number of carbonyl (C=O) groups excluding carboxylic acids is 2. The summed E-state index contributed by atoms with van der Waals surface area (Å²) >= 11 is 1.65. The smallest absolute Gasteiger partial charge is 0.251 e. The molecule has 2 amide bonds. The van der Waals surface area contributed by atoms with Gasteiger partial charge in [0.15, 0.2) is 0 Å². The van der Waals surface area contributed by atoms with Crippen molar-refractivity contribution in [1.29, 1.82) is 0 Å². The van der Waals surface area contributed by atoms with Crippen LogP contribution in [0.1, 0.15) is 30.6 Å². The normalized spacial score (nSPS) is 12.0. The molecule has 0 aromatic heterocycles. The zero-order valence-electron chi connectivity index (χ0n) is 12.7. The second-order valence-corrected chi connectivity index (χ2v) is 6.07. The lowest BCUT2D eigenvalue weighted by Gasteiger charge is -2.13. The monoisotopic (exact) mass is 309 g/mol. The van der Waals surface area contributed by atoms with Gasteiger partial charge in [-0.15, -0.1) is 0 Å². The van der Waals surface area contributed by atoms with Crippen LogP contribution in [-0.2, 0) is 4.79 Å². The molecule has 0 aliphatic heterocycles. The molecule has 21 heavy (non-hydrogen) atoms. The fraction of sp³-hybridized carbons (Fsp3) is 0.467. The van der Waals surface area contributed by atoms with Crippen molar-refractivity contribution in [2.45, 2.75) is 32.4 Å². The molecular weight excluding hydrogens is 286 g/mol. The molecule has 0 radical (unpaired) electrons. The maximum atomic E-state index is 11.9. The molecule has 0 fully saturated rings. The molecule has 4 N–H and O–H groups in total. The van der Waals surface area contributed by atoms with E-state index in [0.29, 0.717) is 17.7 Å². The molecule has 1 rings (SSSR count). The Morgan fingerprint density at radius 2 is 2.05 bits per heavy atom. The molecule has 1 atom stereocenters. The fourth-order valence-electron chi connectivity index (χ4n) is 1.69. The Labute approximate surface area is 130 Å². The lowest BCUT2D eigenvalue weighted by atomic mass is 10.1. The van der Waals surface area contributed by atoms with Crippen LogP contribution in [0.25, 0.3) is 0 Å². The van der Waals surface area contributed by atoms with Crippen molar-refractivity contribution in [3.63, 3.8) is 0 Å². The van der Waals surface area contributed by atoms with Crippen molar-refractivity contribution in [1.82, 2.24) is 5.32 Å². The summed E-state index contributed by atoms with van der Waals surface area (Å²) in [6.45, 7) is 3.79. The zero-order chi connectivity index (χ0) is 15.8. The molecule has 0 spiro atoms. The van der Waals surface area contributed by atoms with Gasteiger partial charge >= 0.3 is 0 Å². The van der Waals surface area contributed by atoms with Crippen molar-refractivity contribution in [2.24, 2.45) is 5.73 Å². The van der Waals surface area contributed by atoms with E-state index in [1.54, 1.807) is 36.0 Å². The van der Waals surface area contributed by atoms with E-state index in [4.69, 9.17) is 5.73 Å². The van der Waals surface area contributed by atoms with Gasteiger partial charge in [-0.2, -0.15) is 11.8 Å². The zero-order valence-corrected chi connectivity index (χ0v) is 13.5. The van der Waals surface area contributed by atoms with Crippen LogP contribution in [0, 0.1) is 0 Å². The number of nitrogens with one attached hydrogen (secondary N) is 2. The summed E-state index contributed by atoms with van der Waals surface area (Å²) in [5.74, 6) is 0.448. The van der Waals surface area contributed by atoms with Crippen molar-refractivity contribution in [2.75, 3.05) is 17.3 Å². The highest BCUT2D eigenvalue weighted by Gasteiger charge is 2.14. The summed E-state index contributed by atoms with van der Waals surface area (Å²) in [7, 11) is 0. The minimum absolute atomic E-state index is 0.0655. The number of thioether (sulfide) groups is 1. The molecule has 116 valence electrons. The molecule has 0 bridgehead atoms. The molecule has 0 heterocycles. The van der Waals surface area contributed by atoms with E-state index in [2.05, 4.69) is 10.6 Å². The molecule has 0 unspecified atom stereocenters. The van der Waals surface area contributed by atoms with Gasteiger partial charge in [-0.05, 0) is 50.5 Å². The topological polar surface area (TPSA) is 84.2 Å². The number of benzene rings is 1. The molecule has 5 nitrogen and oxygen atoms in total. The van der Waals surface area contributed by atoms with Crippen molar-refractivity contribution < 1.29 is 9.59 Å². The van der Waals surface area contributed by atoms with Gasteiger partial charge in [0.25, 0.3) is 5.91 Å². The van der Waals surface area contributed by atoms with Gasteiger partial charge in [0.05, 0.1) is 6.04 Å². The predicted molar refractivity (Wildman–Crippen MR) is 88.6 cm³/mol. The van der Waals surface area contributed by atoms with Crippen LogP contribution in [0.5, 0.6) is 0 Å². The van der Waals surface area contributed by atoms with E-state index >= 15 is 0 Å². The van der Waals surface area contributed by atoms with Gasteiger partial charge in [0.1, 0.15) is 0 Å². The van der Waals surface area contributed by atoms with Crippen LogP contribution in [0.3, 0.4) is 0 Å². The van der Waals surface area contributed by atoms with Crippen LogP contribution >= 0.6 is 11.8 Å². The number of nitrogens with two attached hydrogens (primary N) is 1. The average molecular weight is 309 g/mol. The second kappa shape index (κ2) is 8.69. The maximum absolute atomic E-state index is 11.9. The molecule has 0 aliphatic rings. The van der Waals surface area contributed by atoms with Gasteiger partial charge in [-0.3, -0.25) is 9.59 Å². The Morgan fingerprint density at radius 1 is 1.33 bits per heavy atom. The summed E-state index contributed by atoms with van der Waals surface area (Å²) in [6, 6.07) is 6.36. The van der Waals surface area contributed by atoms with E-state index in [1.807, 2.05) is 20.1 Å². The number of hydrogen-bond acceptors (Lipinski definition) is 4. The van der Waals surface area contributed by atoms with Crippen molar-refractivity contribution >= 4 is 29.3 Å². The highest BCUT2D eigenvalue weighted by molar-refractivity contribution is 7.98. The maximum Gasteiger partial charge on any atom is 0.251 e. The van der Waals surface area contributed by atoms with Crippen LogP contribution in [0.2, 0.25) is 0 Å². The van der Waals surface area contributed by atoms with Crippen LogP contribution < -0.4 is 16.4 Å². The molecule has 0 saturated carbocycles. The summed E-state index contributed by atoms with van der Waals surface area (Å²) in [6.07, 6.45) is 2.60. The largest absolute Gasteiger partial charge is 0.350 e. The number of anilines is 1. The quantitative estimate of drug-likeness (QED) is 0.717. The van der Waals surface area contributed by atoms with Gasteiger partial charge in [0, 0.05) is 17.3 Å². The van der Waals surface area contributed by atoms with Crippen molar-refractivity contribution in [3.05, 3.63) is 29.8 Å². The van der Waals surface area contributed by atoms with E-state index in [9.17, 15) is 9.59 Å². The fourth-order valence-corrected chi connectivity index (χ4v) is 2.18. The Bertz CT molecular complexity index is 492. The minimum atomic E-state index is -0.536. The highest BCUT2D eigenvalue weighted by atomic mass is 32.2. The van der Waals surface area contributed by atoms with E-state index in [0.717, 1.165) is 5.75 Å². The van der Waals surface area contributed by atoms with Gasteiger partial charge in [0.2, 0.25) is 5.91 Å². The second-order valence-electron chi connectivity index (χ2n) is 5.09. The Morgan fingerprint density at radius 3 is 2.67 bits per heavy atom. The lowest BCUT2D eigenvalue weighted by Crippen LogP contribution is -2.36. The number of rotatable bonds is 7. The van der Waals surface area contributed by atoms with Crippen LogP contribution in [0.4, 0.5) is 5.69 Å². The number of amides is 2. The molecular formula is C15H23N3O2S. The summed E-state index contributed by atoms with van der Waals surface area (Å²) in [5, 5.41) is 5.56.